The van der Waals surface area contributed by atoms with E-state index < -0.39 is 0 Å². The maximum atomic E-state index is 5.04. The Balaban J connectivity index is 1.69. The standard InChI is InChI=1S/C32H30N2S2/c1-31(2,3)23-18-24(32(4,5)6)22-17-20(30-34-26-12-8-10-14-28(26)36-30)15-19(16-21(22)23)29-33-25-11-7-9-13-27(25)35-29/h7-18H,1-6H3. The van der Waals surface area contributed by atoms with Crippen molar-refractivity contribution in [3.05, 3.63) is 83.9 Å². The molecule has 0 amide bonds. The highest BCUT2D eigenvalue weighted by molar-refractivity contribution is 7.22. The average Bonchev–Trinajstić information content (AvgIpc) is 3.49. The highest BCUT2D eigenvalue weighted by Crippen LogP contribution is 2.47. The number of para-hydroxylation sites is 2. The molecule has 0 spiro atoms. The highest BCUT2D eigenvalue weighted by atomic mass is 32.1. The van der Waals surface area contributed by atoms with Gasteiger partial charge in [-0.15, -0.1) is 22.7 Å². The number of nitrogens with zero attached hydrogens (tertiary/aromatic N) is 2. The van der Waals surface area contributed by atoms with Crippen LogP contribution in [0.25, 0.3) is 52.7 Å². The van der Waals surface area contributed by atoms with Crippen LogP contribution in [0, 0.1) is 0 Å². The molecular weight excluding hydrogens is 477 g/mol. The molecule has 6 rings (SSSR count). The van der Waals surface area contributed by atoms with Gasteiger partial charge in [-0.05, 0) is 75.5 Å². The van der Waals surface area contributed by atoms with E-state index in [0.717, 1.165) is 32.2 Å². The summed E-state index contributed by atoms with van der Waals surface area (Å²) >= 11 is 3.52. The molecule has 0 fully saturated rings. The molecule has 0 N–H and O–H groups in total. The molecule has 0 saturated carbocycles. The zero-order valence-corrected chi connectivity index (χ0v) is 23.3. The second kappa shape index (κ2) is 8.22. The first-order chi connectivity index (χ1) is 17.1. The molecule has 2 aliphatic rings. The van der Waals surface area contributed by atoms with E-state index in [1.807, 2.05) is 0 Å². The van der Waals surface area contributed by atoms with Gasteiger partial charge in [0.1, 0.15) is 10.0 Å². The van der Waals surface area contributed by atoms with Gasteiger partial charge < -0.3 is 0 Å². The molecule has 0 radical (unpaired) electrons. The van der Waals surface area contributed by atoms with Crippen molar-refractivity contribution in [3.8, 4) is 32.3 Å². The van der Waals surface area contributed by atoms with Gasteiger partial charge in [0.15, 0.2) is 0 Å². The Labute approximate surface area is 221 Å². The minimum atomic E-state index is 0.0248. The Morgan fingerprint density at radius 2 is 0.944 bits per heavy atom. The third-order valence-electron chi connectivity index (χ3n) is 6.77. The summed E-state index contributed by atoms with van der Waals surface area (Å²) < 4.78 is 2.43. The molecule has 4 heteroatoms. The fraction of sp³-hybridized carbons (Fsp3) is 0.250. The van der Waals surface area contributed by atoms with Crippen LogP contribution in [0.2, 0.25) is 0 Å². The molecule has 4 aromatic rings. The van der Waals surface area contributed by atoms with Gasteiger partial charge in [-0.2, -0.15) is 0 Å². The molecule has 0 aliphatic heterocycles. The molecule has 0 bridgehead atoms. The van der Waals surface area contributed by atoms with Gasteiger partial charge in [-0.25, -0.2) is 9.97 Å². The van der Waals surface area contributed by atoms with Crippen molar-refractivity contribution in [2.45, 2.75) is 52.4 Å². The van der Waals surface area contributed by atoms with Gasteiger partial charge in [0.2, 0.25) is 0 Å². The topological polar surface area (TPSA) is 25.8 Å². The van der Waals surface area contributed by atoms with Crippen molar-refractivity contribution in [2.75, 3.05) is 0 Å². The number of rotatable bonds is 2. The van der Waals surface area contributed by atoms with Crippen LogP contribution in [0.5, 0.6) is 0 Å². The number of thiazole rings is 2. The van der Waals surface area contributed by atoms with Gasteiger partial charge in [-0.3, -0.25) is 0 Å². The zero-order chi connectivity index (χ0) is 25.2. The predicted octanol–water partition coefficient (Wildman–Crippen LogP) is 9.94. The molecule has 2 nitrogen and oxygen atoms in total. The van der Waals surface area contributed by atoms with Crippen LogP contribution < -0.4 is 0 Å². The molecule has 0 saturated heterocycles. The lowest BCUT2D eigenvalue weighted by molar-refractivity contribution is 0.581. The molecule has 2 aromatic carbocycles. The monoisotopic (exact) mass is 506 g/mol. The predicted molar refractivity (Wildman–Crippen MR) is 158 cm³/mol. The van der Waals surface area contributed by atoms with Crippen molar-refractivity contribution in [3.63, 3.8) is 0 Å². The Morgan fingerprint density at radius 1 is 0.528 bits per heavy atom. The molecule has 2 heterocycles. The van der Waals surface area contributed by atoms with Crippen molar-refractivity contribution in [1.29, 1.82) is 0 Å². The third-order valence-corrected chi connectivity index (χ3v) is 8.94. The van der Waals surface area contributed by atoms with Crippen molar-refractivity contribution in [1.82, 2.24) is 9.97 Å². The number of fused-ring (bicyclic) bond motifs is 3. The fourth-order valence-electron chi connectivity index (χ4n) is 4.94. The van der Waals surface area contributed by atoms with Crippen LogP contribution in [0.15, 0.2) is 72.8 Å². The Morgan fingerprint density at radius 3 is 1.33 bits per heavy atom. The van der Waals surface area contributed by atoms with Gasteiger partial charge in [0.25, 0.3) is 0 Å². The number of benzene rings is 2. The zero-order valence-electron chi connectivity index (χ0n) is 21.6. The molecule has 180 valence electrons. The minimum absolute atomic E-state index is 0.0248. The smallest absolute Gasteiger partial charge is 0.124 e. The van der Waals surface area contributed by atoms with E-state index in [-0.39, 0.29) is 10.8 Å². The first-order valence-electron chi connectivity index (χ1n) is 12.4. The molecule has 0 unspecified atom stereocenters. The summed E-state index contributed by atoms with van der Waals surface area (Å²) in [5, 5.41) is 2.10. The second-order valence-corrected chi connectivity index (χ2v) is 13.7. The maximum Gasteiger partial charge on any atom is 0.124 e. The van der Waals surface area contributed by atoms with Gasteiger partial charge in [-0.1, -0.05) is 71.9 Å². The molecular formula is C32H30N2S2. The largest absolute Gasteiger partial charge is 0.236 e. The first-order valence-corrected chi connectivity index (χ1v) is 14.1. The molecule has 36 heavy (non-hydrogen) atoms. The maximum absolute atomic E-state index is 5.04. The van der Waals surface area contributed by atoms with Crippen LogP contribution in [0.4, 0.5) is 0 Å². The van der Waals surface area contributed by atoms with E-state index in [1.165, 1.54) is 31.7 Å². The summed E-state index contributed by atoms with van der Waals surface area (Å²) in [4.78, 5) is 10.1. The summed E-state index contributed by atoms with van der Waals surface area (Å²) in [6, 6.07) is 26.3. The fourth-order valence-corrected chi connectivity index (χ4v) is 6.85. The Hall–Kier alpha value is -3.08. The quantitative estimate of drug-likeness (QED) is 0.233. The van der Waals surface area contributed by atoms with E-state index >= 15 is 0 Å². The van der Waals surface area contributed by atoms with Crippen LogP contribution in [-0.4, -0.2) is 9.97 Å². The normalized spacial score (nSPS) is 12.7. The lowest BCUT2D eigenvalue weighted by Crippen LogP contribution is -2.11. The summed E-state index contributed by atoms with van der Waals surface area (Å²) in [6.45, 7) is 13.9. The Kier molecular flexibility index (Phi) is 5.33. The molecule has 0 atom stereocenters. The molecule has 2 aliphatic carbocycles. The summed E-state index contributed by atoms with van der Waals surface area (Å²) in [6.07, 6.45) is 0. The lowest BCUT2D eigenvalue weighted by Gasteiger charge is -2.19. The second-order valence-electron chi connectivity index (χ2n) is 11.6. The van der Waals surface area contributed by atoms with E-state index in [2.05, 4.69) is 114 Å². The average molecular weight is 507 g/mol. The third kappa shape index (κ3) is 4.03. The summed E-state index contributed by atoms with van der Waals surface area (Å²) in [7, 11) is 0. The number of hydrogen-bond acceptors (Lipinski definition) is 4. The van der Waals surface area contributed by atoms with Crippen LogP contribution in [-0.2, 0) is 10.8 Å². The van der Waals surface area contributed by atoms with Gasteiger partial charge in [0, 0.05) is 11.1 Å². The van der Waals surface area contributed by atoms with E-state index in [4.69, 9.17) is 9.97 Å². The lowest BCUT2D eigenvalue weighted by atomic mass is 9.85. The number of hydrogen-bond donors (Lipinski definition) is 0. The van der Waals surface area contributed by atoms with E-state index in [9.17, 15) is 0 Å². The van der Waals surface area contributed by atoms with Crippen molar-refractivity contribution < 1.29 is 0 Å². The van der Waals surface area contributed by atoms with Crippen molar-refractivity contribution in [2.24, 2.45) is 0 Å². The van der Waals surface area contributed by atoms with Crippen LogP contribution in [0.1, 0.15) is 52.7 Å². The SMILES string of the molecule is CC(C)(C)c1cc(C(C)(C)C)c2cc(-c3nc4ccccc4s3)cc(-c3nc4ccccc4s3)cc1-2. The first kappa shape index (κ1) is 23.3. The van der Waals surface area contributed by atoms with E-state index in [0.29, 0.717) is 0 Å². The summed E-state index contributed by atoms with van der Waals surface area (Å²) in [5.41, 5.74) is 9.85. The van der Waals surface area contributed by atoms with Gasteiger partial charge in [0.05, 0.1) is 20.4 Å². The highest BCUT2D eigenvalue weighted by Gasteiger charge is 2.30. The van der Waals surface area contributed by atoms with Gasteiger partial charge >= 0.3 is 0 Å². The van der Waals surface area contributed by atoms with Crippen LogP contribution in [0.3, 0.4) is 0 Å². The van der Waals surface area contributed by atoms with E-state index in [1.54, 1.807) is 22.7 Å². The minimum Gasteiger partial charge on any atom is -0.236 e. The Bertz CT molecular complexity index is 1520. The van der Waals surface area contributed by atoms with Crippen molar-refractivity contribution >= 4 is 43.1 Å². The van der Waals surface area contributed by atoms with Crippen LogP contribution >= 0.6 is 22.7 Å². The molecule has 2 aromatic heterocycles. The number of aromatic nitrogens is 2. The summed E-state index contributed by atoms with van der Waals surface area (Å²) in [5.74, 6) is 0.